The molecule has 1 amide bonds. The lowest BCUT2D eigenvalue weighted by molar-refractivity contribution is -0.126. The first-order valence-corrected chi connectivity index (χ1v) is 9.19. The smallest absolute Gasteiger partial charge is 0.227 e. The molecule has 0 saturated carbocycles. The summed E-state index contributed by atoms with van der Waals surface area (Å²) in [6, 6.07) is 11.5. The summed E-state index contributed by atoms with van der Waals surface area (Å²) in [6.45, 7) is 2.10. The van der Waals surface area contributed by atoms with Crippen molar-refractivity contribution in [3.8, 4) is 23.0 Å². The second-order valence-corrected chi connectivity index (χ2v) is 6.71. The van der Waals surface area contributed by atoms with E-state index in [2.05, 4.69) is 5.32 Å². The van der Waals surface area contributed by atoms with Crippen molar-refractivity contribution in [3.05, 3.63) is 47.5 Å². The molecule has 2 aromatic carbocycles. The molecule has 0 spiro atoms. The van der Waals surface area contributed by atoms with E-state index >= 15 is 0 Å². The summed E-state index contributed by atoms with van der Waals surface area (Å²) in [4.78, 5) is 12.6. The van der Waals surface area contributed by atoms with E-state index in [-0.39, 0.29) is 11.8 Å². The molecule has 2 aromatic rings. The molecule has 1 N–H and O–H groups in total. The Morgan fingerprint density at radius 1 is 1.15 bits per heavy atom. The van der Waals surface area contributed by atoms with Crippen molar-refractivity contribution in [2.75, 3.05) is 26.9 Å². The van der Waals surface area contributed by atoms with Crippen LogP contribution in [0.5, 0.6) is 23.0 Å². The van der Waals surface area contributed by atoms with Crippen molar-refractivity contribution in [2.24, 2.45) is 5.92 Å². The number of benzene rings is 2. The second kappa shape index (κ2) is 7.78. The molecule has 0 aliphatic carbocycles. The molecule has 0 saturated heterocycles. The van der Waals surface area contributed by atoms with Gasteiger partial charge in [0.1, 0.15) is 6.61 Å². The highest BCUT2D eigenvalue weighted by Crippen LogP contribution is 2.36. The Labute approximate surface area is 158 Å². The van der Waals surface area contributed by atoms with Crippen LogP contribution in [0.25, 0.3) is 0 Å². The van der Waals surface area contributed by atoms with Crippen LogP contribution in [0.3, 0.4) is 0 Å². The summed E-state index contributed by atoms with van der Waals surface area (Å²) in [6.07, 6.45) is 1.51. The second-order valence-electron chi connectivity index (χ2n) is 6.71. The number of carbonyl (C=O) groups is 1. The molecule has 142 valence electrons. The third-order valence-corrected chi connectivity index (χ3v) is 4.82. The molecule has 0 fully saturated rings. The van der Waals surface area contributed by atoms with Crippen LogP contribution in [0.4, 0.5) is 0 Å². The van der Waals surface area contributed by atoms with E-state index in [4.69, 9.17) is 18.9 Å². The molecule has 0 radical (unpaired) electrons. The number of amides is 1. The third kappa shape index (κ3) is 3.79. The molecular weight excluding hydrogens is 346 g/mol. The average Bonchev–Trinajstić information content (AvgIpc) is 2.96. The maximum absolute atomic E-state index is 12.6. The molecule has 6 nitrogen and oxygen atoms in total. The molecule has 2 heterocycles. The van der Waals surface area contributed by atoms with Gasteiger partial charge in [0.2, 0.25) is 5.91 Å². The Bertz CT molecular complexity index is 835. The number of hydrogen-bond donors (Lipinski definition) is 1. The molecule has 2 aliphatic rings. The number of nitrogens with one attached hydrogen (secondary N) is 1. The third-order valence-electron chi connectivity index (χ3n) is 4.82. The van der Waals surface area contributed by atoms with E-state index in [1.807, 2.05) is 36.4 Å². The Morgan fingerprint density at radius 3 is 2.85 bits per heavy atom. The minimum absolute atomic E-state index is 0.0180. The van der Waals surface area contributed by atoms with Gasteiger partial charge >= 0.3 is 0 Å². The van der Waals surface area contributed by atoms with Crippen molar-refractivity contribution >= 4 is 5.91 Å². The van der Waals surface area contributed by atoms with Crippen LogP contribution >= 0.6 is 0 Å². The normalized spacial score (nSPS) is 17.9. The van der Waals surface area contributed by atoms with Crippen LogP contribution < -0.4 is 24.3 Å². The quantitative estimate of drug-likeness (QED) is 0.898. The van der Waals surface area contributed by atoms with E-state index in [1.54, 1.807) is 7.11 Å². The zero-order valence-corrected chi connectivity index (χ0v) is 15.3. The van der Waals surface area contributed by atoms with Crippen LogP contribution in [-0.4, -0.2) is 32.8 Å². The van der Waals surface area contributed by atoms with Gasteiger partial charge in [0.15, 0.2) is 23.0 Å². The summed E-state index contributed by atoms with van der Waals surface area (Å²) in [5, 5.41) is 3.00. The van der Waals surface area contributed by atoms with Crippen LogP contribution in [0.2, 0.25) is 0 Å². The Hall–Kier alpha value is -2.89. The van der Waals surface area contributed by atoms with Gasteiger partial charge in [-0.15, -0.1) is 0 Å². The highest BCUT2D eigenvalue weighted by atomic mass is 16.5. The molecule has 0 aromatic heterocycles. The fourth-order valence-corrected chi connectivity index (χ4v) is 3.37. The number of ether oxygens (including phenoxy) is 4. The minimum atomic E-state index is -0.218. The molecule has 2 aliphatic heterocycles. The Morgan fingerprint density at radius 2 is 2.00 bits per heavy atom. The van der Waals surface area contributed by atoms with Gasteiger partial charge in [-0.2, -0.15) is 0 Å². The first kappa shape index (κ1) is 17.5. The lowest BCUT2D eigenvalue weighted by Crippen LogP contribution is -2.37. The van der Waals surface area contributed by atoms with Gasteiger partial charge in [-0.25, -0.2) is 0 Å². The van der Waals surface area contributed by atoms with Gasteiger partial charge < -0.3 is 24.3 Å². The number of para-hydroxylation sites is 1. The molecule has 27 heavy (non-hydrogen) atoms. The summed E-state index contributed by atoms with van der Waals surface area (Å²) >= 11 is 0. The number of rotatable bonds is 4. The minimum Gasteiger partial charge on any atom is -0.493 e. The summed E-state index contributed by atoms with van der Waals surface area (Å²) in [7, 11) is 1.62. The van der Waals surface area contributed by atoms with Crippen molar-refractivity contribution in [3.63, 3.8) is 0 Å². The van der Waals surface area contributed by atoms with Gasteiger partial charge in [-0.1, -0.05) is 18.2 Å². The Balaban J connectivity index is 1.38. The van der Waals surface area contributed by atoms with E-state index < -0.39 is 0 Å². The number of hydrogen-bond acceptors (Lipinski definition) is 5. The monoisotopic (exact) mass is 369 g/mol. The first-order valence-electron chi connectivity index (χ1n) is 9.19. The van der Waals surface area contributed by atoms with Crippen LogP contribution in [0.15, 0.2) is 36.4 Å². The topological polar surface area (TPSA) is 66.0 Å². The SMILES string of the molecule is COc1cccc2c1OCC(C(=O)NCc1ccc3c(c1)OCCCO3)C2. The average molecular weight is 369 g/mol. The number of methoxy groups -OCH3 is 1. The first-order chi connectivity index (χ1) is 13.2. The maximum Gasteiger partial charge on any atom is 0.227 e. The molecule has 4 rings (SSSR count). The predicted molar refractivity (Wildman–Crippen MR) is 99.6 cm³/mol. The number of fused-ring (bicyclic) bond motifs is 2. The van der Waals surface area contributed by atoms with E-state index in [9.17, 15) is 4.79 Å². The van der Waals surface area contributed by atoms with Crippen LogP contribution in [0, 0.1) is 5.92 Å². The van der Waals surface area contributed by atoms with Gasteiger partial charge in [-0.3, -0.25) is 4.79 Å². The zero-order chi connectivity index (χ0) is 18.6. The van der Waals surface area contributed by atoms with Crippen molar-refractivity contribution in [1.29, 1.82) is 0 Å². The predicted octanol–water partition coefficient (Wildman–Crippen LogP) is 2.72. The fourth-order valence-electron chi connectivity index (χ4n) is 3.37. The molecule has 6 heteroatoms. The highest BCUT2D eigenvalue weighted by Gasteiger charge is 2.27. The van der Waals surface area contributed by atoms with E-state index in [1.165, 1.54) is 0 Å². The summed E-state index contributed by atoms with van der Waals surface area (Å²) in [5.74, 6) is 2.71. The maximum atomic E-state index is 12.6. The highest BCUT2D eigenvalue weighted by molar-refractivity contribution is 5.79. The van der Waals surface area contributed by atoms with Gasteiger partial charge in [-0.05, 0) is 35.7 Å². The van der Waals surface area contributed by atoms with Crippen molar-refractivity contribution in [1.82, 2.24) is 5.32 Å². The summed E-state index contributed by atoms with van der Waals surface area (Å²) in [5.41, 5.74) is 1.97. The molecule has 0 bridgehead atoms. The number of carbonyl (C=O) groups excluding carboxylic acids is 1. The van der Waals surface area contributed by atoms with E-state index in [0.717, 1.165) is 34.8 Å². The van der Waals surface area contributed by atoms with Crippen LogP contribution in [0.1, 0.15) is 17.5 Å². The van der Waals surface area contributed by atoms with E-state index in [0.29, 0.717) is 38.5 Å². The molecular formula is C21H23NO5. The zero-order valence-electron chi connectivity index (χ0n) is 15.3. The molecule has 1 unspecified atom stereocenters. The van der Waals surface area contributed by atoms with Gasteiger partial charge in [0.05, 0.1) is 26.2 Å². The largest absolute Gasteiger partial charge is 0.493 e. The van der Waals surface area contributed by atoms with Crippen molar-refractivity contribution in [2.45, 2.75) is 19.4 Å². The van der Waals surface area contributed by atoms with Gasteiger partial charge in [0, 0.05) is 13.0 Å². The lowest BCUT2D eigenvalue weighted by atomic mass is 9.95. The Kier molecular flexibility index (Phi) is 5.05. The standard InChI is InChI=1S/C21H23NO5/c1-24-18-5-2-4-15-11-16(13-27-20(15)18)21(23)22-12-14-6-7-17-19(10-14)26-9-3-8-25-17/h2,4-7,10,16H,3,8-9,11-13H2,1H3,(H,22,23). The summed E-state index contributed by atoms with van der Waals surface area (Å²) < 4.78 is 22.5. The van der Waals surface area contributed by atoms with Crippen LogP contribution in [-0.2, 0) is 17.8 Å². The fraction of sp³-hybridized carbons (Fsp3) is 0.381. The van der Waals surface area contributed by atoms with Crippen molar-refractivity contribution < 1.29 is 23.7 Å². The molecule has 1 atom stereocenters. The van der Waals surface area contributed by atoms with Gasteiger partial charge in [0.25, 0.3) is 0 Å². The lowest BCUT2D eigenvalue weighted by Gasteiger charge is -2.25.